The van der Waals surface area contributed by atoms with Crippen LogP contribution < -0.4 is 5.73 Å². The molecule has 0 saturated heterocycles. The van der Waals surface area contributed by atoms with Crippen LogP contribution in [0.5, 0.6) is 0 Å². The standard InChI is InChI=1S/C21H32N2O5/c1-4-16(2)19(20(25)27-3)23(18(24)13-9-6-10-14-22)21(26)28-15-17-11-7-5-8-12-17/h5,7-8,11-12,16,19H,4,6,9-10,13-15,22H2,1-3H3/t16-,19-/m0/s1. The van der Waals surface area contributed by atoms with E-state index in [9.17, 15) is 14.4 Å². The van der Waals surface area contributed by atoms with E-state index < -0.39 is 24.0 Å². The molecule has 0 radical (unpaired) electrons. The summed E-state index contributed by atoms with van der Waals surface area (Å²) in [5.74, 6) is -1.32. The topological polar surface area (TPSA) is 98.9 Å². The van der Waals surface area contributed by atoms with E-state index in [0.29, 0.717) is 19.4 Å². The first kappa shape index (κ1) is 23.6. The summed E-state index contributed by atoms with van der Waals surface area (Å²) in [5.41, 5.74) is 6.28. The summed E-state index contributed by atoms with van der Waals surface area (Å²) in [5, 5.41) is 0. The van der Waals surface area contributed by atoms with Crippen molar-refractivity contribution >= 4 is 18.0 Å². The summed E-state index contributed by atoms with van der Waals surface area (Å²) < 4.78 is 10.2. The van der Waals surface area contributed by atoms with E-state index in [-0.39, 0.29) is 18.9 Å². The number of hydrogen-bond donors (Lipinski definition) is 1. The van der Waals surface area contributed by atoms with Gasteiger partial charge in [0.1, 0.15) is 12.6 Å². The first-order valence-corrected chi connectivity index (χ1v) is 9.76. The summed E-state index contributed by atoms with van der Waals surface area (Å²) >= 11 is 0. The first-order chi connectivity index (χ1) is 13.5. The van der Waals surface area contributed by atoms with Gasteiger partial charge in [-0.15, -0.1) is 0 Å². The van der Waals surface area contributed by atoms with Crippen LogP contribution in [-0.4, -0.2) is 42.6 Å². The van der Waals surface area contributed by atoms with Crippen LogP contribution in [0, 0.1) is 5.92 Å². The molecule has 0 saturated carbocycles. The molecule has 7 heteroatoms. The van der Waals surface area contributed by atoms with Gasteiger partial charge in [-0.2, -0.15) is 0 Å². The number of imide groups is 1. The highest BCUT2D eigenvalue weighted by Gasteiger charge is 2.39. The molecule has 0 unspecified atom stereocenters. The Kier molecular flexibility index (Phi) is 10.9. The van der Waals surface area contributed by atoms with Gasteiger partial charge >= 0.3 is 12.1 Å². The average Bonchev–Trinajstić information content (AvgIpc) is 2.72. The Labute approximate surface area is 167 Å². The van der Waals surface area contributed by atoms with E-state index in [1.54, 1.807) is 6.92 Å². The molecule has 0 aliphatic rings. The highest BCUT2D eigenvalue weighted by Crippen LogP contribution is 2.20. The van der Waals surface area contributed by atoms with Crippen molar-refractivity contribution in [3.63, 3.8) is 0 Å². The molecular formula is C21H32N2O5. The lowest BCUT2D eigenvalue weighted by Crippen LogP contribution is -2.52. The van der Waals surface area contributed by atoms with Crippen molar-refractivity contribution in [3.05, 3.63) is 35.9 Å². The van der Waals surface area contributed by atoms with E-state index in [1.807, 2.05) is 37.3 Å². The second-order valence-electron chi connectivity index (χ2n) is 6.76. The molecule has 0 heterocycles. The van der Waals surface area contributed by atoms with Gasteiger partial charge in [-0.25, -0.2) is 14.5 Å². The lowest BCUT2D eigenvalue weighted by atomic mass is 9.97. The predicted octanol–water partition coefficient (Wildman–Crippen LogP) is 3.26. The average molecular weight is 392 g/mol. The van der Waals surface area contributed by atoms with Crippen molar-refractivity contribution in [1.82, 2.24) is 4.90 Å². The predicted molar refractivity (Wildman–Crippen MR) is 106 cm³/mol. The van der Waals surface area contributed by atoms with Gasteiger partial charge < -0.3 is 15.2 Å². The maximum absolute atomic E-state index is 12.8. The monoisotopic (exact) mass is 392 g/mol. The fourth-order valence-corrected chi connectivity index (χ4v) is 2.81. The molecule has 2 atom stereocenters. The Morgan fingerprint density at radius 1 is 1.11 bits per heavy atom. The first-order valence-electron chi connectivity index (χ1n) is 9.76. The molecule has 0 bridgehead atoms. The van der Waals surface area contributed by atoms with E-state index in [2.05, 4.69) is 0 Å². The molecule has 1 rings (SSSR count). The Morgan fingerprint density at radius 3 is 2.36 bits per heavy atom. The van der Waals surface area contributed by atoms with Crippen molar-refractivity contribution in [3.8, 4) is 0 Å². The van der Waals surface area contributed by atoms with E-state index in [0.717, 1.165) is 23.3 Å². The van der Waals surface area contributed by atoms with Crippen LogP contribution in [0.1, 0.15) is 51.5 Å². The zero-order chi connectivity index (χ0) is 20.9. The number of nitrogens with zero attached hydrogens (tertiary/aromatic N) is 1. The molecule has 0 aromatic heterocycles. The van der Waals surface area contributed by atoms with Crippen molar-refractivity contribution in [1.29, 1.82) is 0 Å². The normalized spacial score (nSPS) is 12.7. The fourth-order valence-electron chi connectivity index (χ4n) is 2.81. The summed E-state index contributed by atoms with van der Waals surface area (Å²) in [4.78, 5) is 38.9. The fraction of sp³-hybridized carbons (Fsp3) is 0.571. The van der Waals surface area contributed by atoms with Crippen LogP contribution in [0.15, 0.2) is 30.3 Å². The number of carbonyl (C=O) groups is 3. The summed E-state index contributed by atoms with van der Waals surface area (Å²) in [6.07, 6.45) is 2.09. The number of methoxy groups -OCH3 is 1. The summed E-state index contributed by atoms with van der Waals surface area (Å²) in [7, 11) is 1.25. The van der Waals surface area contributed by atoms with Gasteiger partial charge in [0.05, 0.1) is 7.11 Å². The number of unbranched alkanes of at least 4 members (excludes halogenated alkanes) is 2. The van der Waals surface area contributed by atoms with Gasteiger partial charge in [0.25, 0.3) is 0 Å². The smallest absolute Gasteiger partial charge is 0.417 e. The van der Waals surface area contributed by atoms with E-state index in [4.69, 9.17) is 15.2 Å². The molecule has 0 aliphatic heterocycles. The minimum atomic E-state index is -1.01. The van der Waals surface area contributed by atoms with Gasteiger partial charge in [-0.1, -0.05) is 57.0 Å². The van der Waals surface area contributed by atoms with Gasteiger partial charge in [0, 0.05) is 6.42 Å². The highest BCUT2D eigenvalue weighted by atomic mass is 16.6. The minimum Gasteiger partial charge on any atom is -0.467 e. The number of nitrogens with two attached hydrogens (primary N) is 1. The zero-order valence-corrected chi connectivity index (χ0v) is 17.1. The highest BCUT2D eigenvalue weighted by molar-refractivity contribution is 5.97. The SMILES string of the molecule is CC[C@H](C)[C@@H](C(=O)OC)N(C(=O)CCCCCN)C(=O)OCc1ccccc1. The van der Waals surface area contributed by atoms with Crippen molar-refractivity contribution in [2.45, 2.75) is 58.6 Å². The third-order valence-electron chi connectivity index (χ3n) is 4.67. The molecule has 1 aromatic carbocycles. The second-order valence-corrected chi connectivity index (χ2v) is 6.76. The number of rotatable bonds is 11. The number of hydrogen-bond acceptors (Lipinski definition) is 6. The lowest BCUT2D eigenvalue weighted by Gasteiger charge is -2.31. The molecule has 28 heavy (non-hydrogen) atoms. The largest absolute Gasteiger partial charge is 0.467 e. The third kappa shape index (κ3) is 7.31. The Bertz CT molecular complexity index is 620. The maximum atomic E-state index is 12.8. The number of benzene rings is 1. The number of esters is 1. The van der Waals surface area contributed by atoms with Crippen LogP contribution in [0.3, 0.4) is 0 Å². The molecular weight excluding hydrogens is 360 g/mol. The van der Waals surface area contributed by atoms with Gasteiger partial charge in [0.2, 0.25) is 5.91 Å². The molecule has 2 amide bonds. The number of ether oxygens (including phenoxy) is 2. The molecule has 7 nitrogen and oxygen atoms in total. The van der Waals surface area contributed by atoms with Crippen molar-refractivity contribution in [2.24, 2.45) is 11.7 Å². The third-order valence-corrected chi connectivity index (χ3v) is 4.67. The Morgan fingerprint density at radius 2 is 1.79 bits per heavy atom. The summed E-state index contributed by atoms with van der Waals surface area (Å²) in [6.45, 7) is 4.26. The molecule has 156 valence electrons. The molecule has 2 N–H and O–H groups in total. The molecule has 0 aliphatic carbocycles. The molecule has 0 fully saturated rings. The van der Waals surface area contributed by atoms with E-state index >= 15 is 0 Å². The van der Waals surface area contributed by atoms with Crippen LogP contribution in [0.2, 0.25) is 0 Å². The van der Waals surface area contributed by atoms with Crippen molar-refractivity contribution < 1.29 is 23.9 Å². The number of carbonyl (C=O) groups excluding carboxylic acids is 3. The quantitative estimate of drug-likeness (QED) is 0.458. The maximum Gasteiger partial charge on any atom is 0.417 e. The second kappa shape index (κ2) is 12.9. The van der Waals surface area contributed by atoms with Crippen LogP contribution in [0.4, 0.5) is 4.79 Å². The Hall–Kier alpha value is -2.41. The van der Waals surface area contributed by atoms with Gasteiger partial charge in [-0.05, 0) is 30.9 Å². The van der Waals surface area contributed by atoms with E-state index in [1.165, 1.54) is 7.11 Å². The van der Waals surface area contributed by atoms with Crippen LogP contribution in [0.25, 0.3) is 0 Å². The van der Waals surface area contributed by atoms with Crippen LogP contribution in [-0.2, 0) is 25.7 Å². The van der Waals surface area contributed by atoms with Crippen molar-refractivity contribution in [2.75, 3.05) is 13.7 Å². The Balaban J connectivity index is 2.97. The lowest BCUT2D eigenvalue weighted by molar-refractivity contribution is -0.153. The van der Waals surface area contributed by atoms with Gasteiger partial charge in [0.15, 0.2) is 0 Å². The van der Waals surface area contributed by atoms with Gasteiger partial charge in [-0.3, -0.25) is 4.79 Å². The van der Waals surface area contributed by atoms with Crippen LogP contribution >= 0.6 is 0 Å². The number of amides is 2. The summed E-state index contributed by atoms with van der Waals surface area (Å²) in [6, 6.07) is 8.15. The minimum absolute atomic E-state index is 0.0189. The zero-order valence-electron chi connectivity index (χ0n) is 17.1. The molecule has 0 spiro atoms. The molecule has 1 aromatic rings.